The molecule has 4 nitrogen and oxygen atoms in total. The lowest BCUT2D eigenvalue weighted by molar-refractivity contribution is -0.138. The van der Waals surface area contributed by atoms with Gasteiger partial charge in [-0.25, -0.2) is 0 Å². The molecule has 0 bridgehead atoms. The van der Waals surface area contributed by atoms with Crippen molar-refractivity contribution < 1.29 is 14.7 Å². The van der Waals surface area contributed by atoms with Gasteiger partial charge in [0.2, 0.25) is 0 Å². The highest BCUT2D eigenvalue weighted by molar-refractivity contribution is 5.95. The highest BCUT2D eigenvalue weighted by Gasteiger charge is 2.32. The van der Waals surface area contributed by atoms with Crippen LogP contribution in [-0.2, 0) is 11.2 Å². The van der Waals surface area contributed by atoms with Gasteiger partial charge in [0.1, 0.15) is 0 Å². The lowest BCUT2D eigenvalue weighted by atomic mass is 9.86. The van der Waals surface area contributed by atoms with Crippen molar-refractivity contribution in [2.24, 2.45) is 0 Å². The van der Waals surface area contributed by atoms with Gasteiger partial charge in [-0.1, -0.05) is 84.3 Å². The Balaban J connectivity index is 2.48. The van der Waals surface area contributed by atoms with E-state index in [1.54, 1.807) is 0 Å². The first-order valence-corrected chi connectivity index (χ1v) is 11.6. The fourth-order valence-corrected chi connectivity index (χ4v) is 3.95. The van der Waals surface area contributed by atoms with Crippen LogP contribution in [-0.4, -0.2) is 22.5 Å². The summed E-state index contributed by atoms with van der Waals surface area (Å²) in [7, 11) is 0. The predicted molar refractivity (Wildman–Crippen MR) is 120 cm³/mol. The molecule has 4 heteroatoms. The first kappa shape index (κ1) is 25.2. The summed E-state index contributed by atoms with van der Waals surface area (Å²) in [5.41, 5.74) is 1.19. The molecule has 0 radical (unpaired) electrons. The van der Waals surface area contributed by atoms with E-state index >= 15 is 0 Å². The van der Waals surface area contributed by atoms with Gasteiger partial charge in [0.05, 0.1) is 12.0 Å². The Hall–Kier alpha value is -1.84. The Bertz CT molecular complexity index is 597. The van der Waals surface area contributed by atoms with Crippen molar-refractivity contribution >= 4 is 11.9 Å². The average Bonchev–Trinajstić information content (AvgIpc) is 2.70. The van der Waals surface area contributed by atoms with Crippen LogP contribution in [0.25, 0.3) is 0 Å². The van der Waals surface area contributed by atoms with E-state index in [0.717, 1.165) is 12.8 Å². The normalized spacial score (nSPS) is 13.1. The zero-order valence-electron chi connectivity index (χ0n) is 18.8. The van der Waals surface area contributed by atoms with Gasteiger partial charge < -0.3 is 10.4 Å². The van der Waals surface area contributed by atoms with Crippen molar-refractivity contribution in [2.75, 3.05) is 0 Å². The van der Waals surface area contributed by atoms with Crippen molar-refractivity contribution in [3.05, 3.63) is 35.4 Å². The zero-order valence-corrected chi connectivity index (χ0v) is 18.8. The summed E-state index contributed by atoms with van der Waals surface area (Å²) < 4.78 is 0. The van der Waals surface area contributed by atoms with Gasteiger partial charge in [-0.2, -0.15) is 0 Å². The molecule has 0 fully saturated rings. The van der Waals surface area contributed by atoms with Crippen LogP contribution in [0.4, 0.5) is 0 Å². The van der Waals surface area contributed by atoms with Gasteiger partial charge in [0.15, 0.2) is 0 Å². The Labute approximate surface area is 177 Å². The summed E-state index contributed by atoms with van der Waals surface area (Å²) >= 11 is 0. The standard InChI is InChI=1S/C25H41NO3/c1-4-7-8-9-10-11-12-13-14-21-15-17-22(18-16-21)24(29)26-25(6-3,19-5-2)20-23(27)28/h15-18H,4-14,19-20H2,1-3H3,(H,26,29)(H,27,28). The summed E-state index contributed by atoms with van der Waals surface area (Å²) in [5.74, 6) is -1.05. The van der Waals surface area contributed by atoms with E-state index in [4.69, 9.17) is 0 Å². The van der Waals surface area contributed by atoms with Crippen molar-refractivity contribution in [3.8, 4) is 0 Å². The SMILES string of the molecule is CCCCCCCCCCc1ccc(C(=O)NC(CC)(CCC)CC(=O)O)cc1. The van der Waals surface area contributed by atoms with Crippen LogP contribution in [0.1, 0.15) is 114 Å². The second kappa shape index (κ2) is 14.2. The van der Waals surface area contributed by atoms with Crippen molar-refractivity contribution in [1.29, 1.82) is 0 Å². The minimum atomic E-state index is -0.874. The molecule has 1 rings (SSSR count). The average molecular weight is 404 g/mol. The predicted octanol–water partition coefficient (Wildman–Crippen LogP) is 6.52. The van der Waals surface area contributed by atoms with Crippen LogP contribution < -0.4 is 5.32 Å². The third-order valence-electron chi connectivity index (χ3n) is 5.81. The zero-order chi connectivity index (χ0) is 21.5. The molecule has 1 amide bonds. The largest absolute Gasteiger partial charge is 0.481 e. The molecule has 0 aromatic heterocycles. The van der Waals surface area contributed by atoms with E-state index in [9.17, 15) is 14.7 Å². The van der Waals surface area contributed by atoms with Crippen LogP contribution in [0.5, 0.6) is 0 Å². The van der Waals surface area contributed by atoms with Gasteiger partial charge in [-0.15, -0.1) is 0 Å². The van der Waals surface area contributed by atoms with E-state index in [-0.39, 0.29) is 12.3 Å². The van der Waals surface area contributed by atoms with Gasteiger partial charge in [-0.05, 0) is 43.4 Å². The molecule has 1 atom stereocenters. The second-order valence-corrected chi connectivity index (χ2v) is 8.33. The maximum absolute atomic E-state index is 12.7. The molecule has 1 unspecified atom stereocenters. The van der Waals surface area contributed by atoms with Gasteiger partial charge >= 0.3 is 5.97 Å². The number of hydrogen-bond donors (Lipinski definition) is 2. The van der Waals surface area contributed by atoms with E-state index < -0.39 is 11.5 Å². The molecule has 0 saturated carbocycles. The molecule has 2 N–H and O–H groups in total. The first-order valence-electron chi connectivity index (χ1n) is 11.6. The van der Waals surface area contributed by atoms with E-state index in [1.807, 2.05) is 38.1 Å². The number of carbonyl (C=O) groups excluding carboxylic acids is 1. The van der Waals surface area contributed by atoms with E-state index in [2.05, 4.69) is 12.2 Å². The van der Waals surface area contributed by atoms with Crippen LogP contribution in [0.2, 0.25) is 0 Å². The van der Waals surface area contributed by atoms with E-state index in [0.29, 0.717) is 18.4 Å². The Morgan fingerprint density at radius 1 is 0.862 bits per heavy atom. The molecule has 164 valence electrons. The minimum absolute atomic E-state index is 0.0421. The third kappa shape index (κ3) is 9.96. The topological polar surface area (TPSA) is 66.4 Å². The smallest absolute Gasteiger partial charge is 0.305 e. The Morgan fingerprint density at radius 2 is 1.45 bits per heavy atom. The number of rotatable bonds is 16. The van der Waals surface area contributed by atoms with Crippen molar-refractivity contribution in [3.63, 3.8) is 0 Å². The van der Waals surface area contributed by atoms with Crippen molar-refractivity contribution in [1.82, 2.24) is 5.32 Å². The molecule has 0 aliphatic rings. The van der Waals surface area contributed by atoms with Crippen LogP contribution in [0, 0.1) is 0 Å². The molecule has 0 aliphatic heterocycles. The molecule has 0 spiro atoms. The van der Waals surface area contributed by atoms with Gasteiger partial charge in [-0.3, -0.25) is 9.59 Å². The maximum atomic E-state index is 12.7. The number of carboxylic acids is 1. The number of carbonyl (C=O) groups is 2. The van der Waals surface area contributed by atoms with Gasteiger partial charge in [0, 0.05) is 5.56 Å². The second-order valence-electron chi connectivity index (χ2n) is 8.33. The van der Waals surface area contributed by atoms with Crippen LogP contribution in [0.15, 0.2) is 24.3 Å². The molecule has 1 aromatic carbocycles. The van der Waals surface area contributed by atoms with Crippen molar-refractivity contribution in [2.45, 2.75) is 110 Å². The molecule has 1 aromatic rings. The summed E-state index contributed by atoms with van der Waals surface area (Å²) in [6.45, 7) is 6.19. The van der Waals surface area contributed by atoms with Gasteiger partial charge in [0.25, 0.3) is 5.91 Å². The number of hydrogen-bond acceptors (Lipinski definition) is 2. The molecule has 0 aliphatic carbocycles. The van der Waals surface area contributed by atoms with Crippen LogP contribution >= 0.6 is 0 Å². The third-order valence-corrected chi connectivity index (χ3v) is 5.81. The number of aliphatic carboxylic acids is 1. The number of carboxylic acid groups (broad SMARTS) is 1. The highest BCUT2D eigenvalue weighted by Crippen LogP contribution is 2.23. The molecule has 0 heterocycles. The highest BCUT2D eigenvalue weighted by atomic mass is 16.4. The summed E-state index contributed by atoms with van der Waals surface area (Å²) in [6.07, 6.45) is 13.6. The number of nitrogens with one attached hydrogen (secondary N) is 1. The monoisotopic (exact) mass is 403 g/mol. The lowest BCUT2D eigenvalue weighted by Crippen LogP contribution is -2.49. The first-order chi connectivity index (χ1) is 14.0. The fourth-order valence-electron chi connectivity index (χ4n) is 3.95. The molecule has 0 saturated heterocycles. The molecule has 29 heavy (non-hydrogen) atoms. The number of benzene rings is 1. The summed E-state index contributed by atoms with van der Waals surface area (Å²) in [5, 5.41) is 12.3. The number of unbranched alkanes of at least 4 members (excludes halogenated alkanes) is 7. The molecular weight excluding hydrogens is 362 g/mol. The lowest BCUT2D eigenvalue weighted by Gasteiger charge is -2.32. The fraction of sp³-hybridized carbons (Fsp3) is 0.680. The Kier molecular flexibility index (Phi) is 12.3. The van der Waals surface area contributed by atoms with Crippen LogP contribution in [0.3, 0.4) is 0 Å². The number of amides is 1. The minimum Gasteiger partial charge on any atom is -0.481 e. The molecular formula is C25H41NO3. The maximum Gasteiger partial charge on any atom is 0.305 e. The quantitative estimate of drug-likeness (QED) is 0.309. The summed E-state index contributed by atoms with van der Waals surface area (Å²) in [4.78, 5) is 24.0. The Morgan fingerprint density at radius 3 is 1.97 bits per heavy atom. The number of aryl methyl sites for hydroxylation is 1. The summed E-state index contributed by atoms with van der Waals surface area (Å²) in [6, 6.07) is 7.78. The van der Waals surface area contributed by atoms with E-state index in [1.165, 1.54) is 56.9 Å².